The molecule has 0 aliphatic carbocycles. The summed E-state index contributed by atoms with van der Waals surface area (Å²) in [7, 11) is 0. The molecule has 0 saturated carbocycles. The van der Waals surface area contributed by atoms with Crippen LogP contribution in [0, 0.1) is 17.7 Å². The standard InChI is InChI=1S/C8H2F5O/c9-4-2-1-3-5(10)6(4)7(14)8(11,12)13/h2-3H. The lowest BCUT2D eigenvalue weighted by atomic mass is 10.1. The van der Waals surface area contributed by atoms with Crippen molar-refractivity contribution in [3.05, 3.63) is 35.4 Å². The number of hydrogen-bond acceptors (Lipinski definition) is 1. The number of hydrogen-bond donors (Lipinski definition) is 0. The van der Waals surface area contributed by atoms with Crippen molar-refractivity contribution in [1.29, 1.82) is 0 Å². The van der Waals surface area contributed by atoms with Gasteiger partial charge in [0.05, 0.1) is 5.56 Å². The van der Waals surface area contributed by atoms with Gasteiger partial charge in [0.1, 0.15) is 11.6 Å². The molecule has 0 amide bonds. The van der Waals surface area contributed by atoms with E-state index >= 15 is 0 Å². The first-order valence-corrected chi connectivity index (χ1v) is 3.30. The van der Waals surface area contributed by atoms with Crippen LogP contribution in [0.5, 0.6) is 0 Å². The largest absolute Gasteiger partial charge is 0.455 e. The summed E-state index contributed by atoms with van der Waals surface area (Å²) >= 11 is 0. The highest BCUT2D eigenvalue weighted by Crippen LogP contribution is 2.24. The highest BCUT2D eigenvalue weighted by atomic mass is 19.4. The molecule has 0 spiro atoms. The van der Waals surface area contributed by atoms with Crippen molar-refractivity contribution in [1.82, 2.24) is 0 Å². The Morgan fingerprint density at radius 1 is 1.14 bits per heavy atom. The number of benzene rings is 1. The molecule has 75 valence electrons. The number of halogens is 5. The van der Waals surface area contributed by atoms with Gasteiger partial charge >= 0.3 is 6.18 Å². The first kappa shape index (κ1) is 10.6. The second kappa shape index (κ2) is 3.36. The lowest BCUT2D eigenvalue weighted by molar-refractivity contribution is -0.0890. The number of Topliss-reactive ketones (excluding diaryl/α,β-unsaturated/α-hetero) is 1. The van der Waals surface area contributed by atoms with E-state index in [1.54, 1.807) is 0 Å². The fraction of sp³-hybridized carbons (Fsp3) is 0.125. The molecule has 0 aromatic heterocycles. The topological polar surface area (TPSA) is 17.1 Å². The molecule has 1 rings (SSSR count). The highest BCUT2D eigenvalue weighted by molar-refractivity contribution is 6.00. The first-order valence-electron chi connectivity index (χ1n) is 3.30. The van der Waals surface area contributed by atoms with E-state index in [-0.39, 0.29) is 0 Å². The van der Waals surface area contributed by atoms with Crippen LogP contribution >= 0.6 is 0 Å². The average Bonchev–Trinajstić information content (AvgIpc) is 2.01. The van der Waals surface area contributed by atoms with Crippen molar-refractivity contribution in [3.63, 3.8) is 0 Å². The van der Waals surface area contributed by atoms with Crippen molar-refractivity contribution in [2.75, 3.05) is 0 Å². The molecule has 0 atom stereocenters. The molecule has 0 saturated heterocycles. The van der Waals surface area contributed by atoms with Crippen LogP contribution < -0.4 is 0 Å². The van der Waals surface area contributed by atoms with E-state index in [1.807, 2.05) is 6.07 Å². The zero-order chi connectivity index (χ0) is 10.9. The molecule has 0 fully saturated rings. The molecular weight excluding hydrogens is 207 g/mol. The van der Waals surface area contributed by atoms with Gasteiger partial charge in [0, 0.05) is 0 Å². The smallest absolute Gasteiger partial charge is 0.284 e. The van der Waals surface area contributed by atoms with Gasteiger partial charge < -0.3 is 0 Å². The lowest BCUT2D eigenvalue weighted by Gasteiger charge is -2.06. The second-order valence-electron chi connectivity index (χ2n) is 2.35. The minimum absolute atomic E-state index is 0.460. The Kier molecular flexibility index (Phi) is 2.55. The summed E-state index contributed by atoms with van der Waals surface area (Å²) < 4.78 is 60.7. The molecule has 1 aromatic rings. The third kappa shape index (κ3) is 1.89. The Hall–Kier alpha value is -1.46. The Balaban J connectivity index is 3.26. The molecule has 1 aromatic carbocycles. The van der Waals surface area contributed by atoms with Gasteiger partial charge in [-0.25, -0.2) is 8.78 Å². The fourth-order valence-electron chi connectivity index (χ4n) is 0.805. The Morgan fingerprint density at radius 3 is 1.93 bits per heavy atom. The van der Waals surface area contributed by atoms with E-state index in [4.69, 9.17) is 0 Å². The summed E-state index contributed by atoms with van der Waals surface area (Å²) in [5, 5.41) is 0. The first-order chi connectivity index (χ1) is 6.34. The summed E-state index contributed by atoms with van der Waals surface area (Å²) in [4.78, 5) is 10.5. The summed E-state index contributed by atoms with van der Waals surface area (Å²) in [6, 6.07) is 2.83. The van der Waals surface area contributed by atoms with Gasteiger partial charge in [-0.3, -0.25) is 4.79 Å². The number of carbonyl (C=O) groups excluding carboxylic acids is 1. The summed E-state index contributed by atoms with van der Waals surface area (Å²) in [5.74, 6) is -5.69. The van der Waals surface area contributed by atoms with Crippen LogP contribution in [0.4, 0.5) is 22.0 Å². The van der Waals surface area contributed by atoms with Gasteiger partial charge in [-0.05, 0) is 18.2 Å². The molecule has 0 aliphatic heterocycles. The normalized spacial score (nSPS) is 11.5. The number of ketones is 1. The van der Waals surface area contributed by atoms with Crippen LogP contribution in [0.2, 0.25) is 0 Å². The van der Waals surface area contributed by atoms with Gasteiger partial charge in [0.2, 0.25) is 0 Å². The van der Waals surface area contributed by atoms with Gasteiger partial charge in [-0.1, -0.05) is 0 Å². The van der Waals surface area contributed by atoms with E-state index in [0.717, 1.165) is 0 Å². The fourth-order valence-corrected chi connectivity index (χ4v) is 0.805. The third-order valence-electron chi connectivity index (χ3n) is 1.38. The van der Waals surface area contributed by atoms with E-state index in [0.29, 0.717) is 12.1 Å². The Morgan fingerprint density at radius 2 is 1.57 bits per heavy atom. The van der Waals surface area contributed by atoms with Crippen LogP contribution in [0.15, 0.2) is 12.1 Å². The second-order valence-corrected chi connectivity index (χ2v) is 2.35. The zero-order valence-electron chi connectivity index (χ0n) is 6.45. The van der Waals surface area contributed by atoms with Gasteiger partial charge in [0.25, 0.3) is 5.78 Å². The van der Waals surface area contributed by atoms with Gasteiger partial charge in [0.15, 0.2) is 0 Å². The van der Waals surface area contributed by atoms with Gasteiger partial charge in [-0.15, -0.1) is 0 Å². The maximum Gasteiger partial charge on any atom is 0.455 e. The molecule has 1 nitrogen and oxygen atoms in total. The molecule has 0 heterocycles. The average molecular weight is 209 g/mol. The Bertz CT molecular complexity index is 348. The molecule has 6 heteroatoms. The van der Waals surface area contributed by atoms with Gasteiger partial charge in [-0.2, -0.15) is 13.2 Å². The molecule has 0 aliphatic rings. The van der Waals surface area contributed by atoms with E-state index in [9.17, 15) is 26.7 Å². The van der Waals surface area contributed by atoms with Crippen LogP contribution in [0.3, 0.4) is 0 Å². The van der Waals surface area contributed by atoms with Crippen molar-refractivity contribution < 1.29 is 26.7 Å². The summed E-state index contributed by atoms with van der Waals surface area (Å²) in [5.41, 5.74) is -1.60. The van der Waals surface area contributed by atoms with E-state index in [2.05, 4.69) is 0 Å². The number of carbonyl (C=O) groups is 1. The molecule has 1 radical (unpaired) electrons. The zero-order valence-corrected chi connectivity index (χ0v) is 6.45. The van der Waals surface area contributed by atoms with E-state index in [1.165, 1.54) is 0 Å². The quantitative estimate of drug-likeness (QED) is 0.513. The molecule has 0 bridgehead atoms. The summed E-state index contributed by atoms with van der Waals surface area (Å²) in [6.45, 7) is 0. The lowest BCUT2D eigenvalue weighted by Crippen LogP contribution is -2.25. The Labute approximate surface area is 75.2 Å². The molecule has 0 N–H and O–H groups in total. The third-order valence-corrected chi connectivity index (χ3v) is 1.38. The predicted octanol–water partition coefficient (Wildman–Crippen LogP) is 2.51. The van der Waals surface area contributed by atoms with Crippen molar-refractivity contribution >= 4 is 5.78 Å². The van der Waals surface area contributed by atoms with E-state index < -0.39 is 29.2 Å². The van der Waals surface area contributed by atoms with Crippen molar-refractivity contribution in [3.8, 4) is 0 Å². The van der Waals surface area contributed by atoms with Crippen LogP contribution in [-0.4, -0.2) is 12.0 Å². The molecule has 14 heavy (non-hydrogen) atoms. The minimum Gasteiger partial charge on any atom is -0.284 e. The highest BCUT2D eigenvalue weighted by Gasteiger charge is 2.42. The van der Waals surface area contributed by atoms with Crippen molar-refractivity contribution in [2.45, 2.75) is 6.18 Å². The predicted molar refractivity (Wildman–Crippen MR) is 35.6 cm³/mol. The number of alkyl halides is 3. The summed E-state index contributed by atoms with van der Waals surface area (Å²) in [6.07, 6.45) is -5.29. The van der Waals surface area contributed by atoms with Crippen molar-refractivity contribution in [2.24, 2.45) is 0 Å². The van der Waals surface area contributed by atoms with Crippen LogP contribution in [-0.2, 0) is 0 Å². The minimum atomic E-state index is -5.29. The maximum absolute atomic E-state index is 12.6. The maximum atomic E-state index is 12.6. The van der Waals surface area contributed by atoms with Crippen LogP contribution in [0.1, 0.15) is 10.4 Å². The monoisotopic (exact) mass is 209 g/mol. The molecular formula is C8H2F5O. The number of rotatable bonds is 1. The SMILES string of the molecule is O=C(c1c(F)c[c]cc1F)C(F)(F)F. The molecule has 0 unspecified atom stereocenters. The van der Waals surface area contributed by atoms with Crippen LogP contribution in [0.25, 0.3) is 0 Å².